The summed E-state index contributed by atoms with van der Waals surface area (Å²) < 4.78 is 51.8. The first kappa shape index (κ1) is 26.5. The van der Waals surface area contributed by atoms with E-state index in [-0.39, 0.29) is 38.1 Å². The summed E-state index contributed by atoms with van der Waals surface area (Å²) in [5, 5.41) is 4.89. The fraction of sp³-hybridized carbons (Fsp3) is 0.167. The first-order valence-electron chi connectivity index (χ1n) is 10.2. The third-order valence-electron chi connectivity index (χ3n) is 5.55. The lowest BCUT2D eigenvalue weighted by molar-refractivity contribution is -0.117. The van der Waals surface area contributed by atoms with Gasteiger partial charge in [0.15, 0.2) is 0 Å². The summed E-state index contributed by atoms with van der Waals surface area (Å²) in [5.41, 5.74) is -0.293. The van der Waals surface area contributed by atoms with E-state index in [1.54, 1.807) is 0 Å². The summed E-state index contributed by atoms with van der Waals surface area (Å²) in [6.07, 6.45) is -2.78. The Balaban J connectivity index is 1.52. The quantitative estimate of drug-likeness (QED) is 0.230. The molecule has 2 amide bonds. The van der Waals surface area contributed by atoms with Gasteiger partial charge in [0, 0.05) is 28.3 Å². The van der Waals surface area contributed by atoms with E-state index in [4.69, 9.17) is 46.4 Å². The third kappa shape index (κ3) is 5.42. The molecule has 0 saturated heterocycles. The molecule has 36 heavy (non-hydrogen) atoms. The lowest BCUT2D eigenvalue weighted by atomic mass is 10.1. The molecule has 1 aliphatic rings. The molecule has 12 heteroatoms. The van der Waals surface area contributed by atoms with Gasteiger partial charge in [-0.2, -0.15) is 0 Å². The van der Waals surface area contributed by atoms with Gasteiger partial charge in [-0.1, -0.05) is 23.2 Å². The first-order chi connectivity index (χ1) is 16.9. The summed E-state index contributed by atoms with van der Waals surface area (Å²) in [6, 6.07) is 10.3. The molecule has 0 heterocycles. The smallest absolute Gasteiger partial charge is 0.263 e. The van der Waals surface area contributed by atoms with E-state index in [1.165, 1.54) is 30.3 Å². The lowest BCUT2D eigenvalue weighted by Gasteiger charge is -2.11. The van der Waals surface area contributed by atoms with Crippen molar-refractivity contribution in [2.24, 2.45) is 5.92 Å². The highest BCUT2D eigenvalue weighted by atomic mass is 35.5. The molecule has 4 nitrogen and oxygen atoms in total. The Morgan fingerprint density at radius 2 is 1.64 bits per heavy atom. The van der Waals surface area contributed by atoms with Gasteiger partial charge < -0.3 is 10.6 Å². The van der Waals surface area contributed by atoms with Gasteiger partial charge in [0.1, 0.15) is 16.0 Å². The summed E-state index contributed by atoms with van der Waals surface area (Å²) in [6.45, 7) is 0. The number of rotatable bonds is 6. The molecule has 0 radical (unpaired) electrons. The molecule has 3 aromatic rings. The van der Waals surface area contributed by atoms with E-state index in [1.807, 2.05) is 0 Å². The van der Waals surface area contributed by atoms with Crippen LogP contribution in [0, 0.1) is 17.6 Å². The average molecular weight is 580 g/mol. The number of hydrogen-bond donors (Lipinski definition) is 2. The first-order valence-corrected chi connectivity index (χ1v) is 11.7. The summed E-state index contributed by atoms with van der Waals surface area (Å²) in [7, 11) is 0. The molecule has 4 rings (SSSR count). The number of carbonyl (C=O) groups excluding carboxylic acids is 2. The van der Waals surface area contributed by atoms with Crippen molar-refractivity contribution in [3.8, 4) is 0 Å². The van der Waals surface area contributed by atoms with Crippen LogP contribution in [0.1, 0.15) is 33.8 Å². The summed E-state index contributed by atoms with van der Waals surface area (Å²) >= 11 is 24.6. The van der Waals surface area contributed by atoms with Crippen molar-refractivity contribution in [1.82, 2.24) is 0 Å². The van der Waals surface area contributed by atoms with E-state index in [9.17, 15) is 27.2 Å². The molecular weight excluding hydrogens is 566 g/mol. The fourth-order valence-corrected chi connectivity index (χ4v) is 5.07. The Labute approximate surface area is 222 Å². The van der Waals surface area contributed by atoms with Crippen LogP contribution in [0.15, 0.2) is 54.6 Å². The van der Waals surface area contributed by atoms with Crippen LogP contribution >= 0.6 is 46.4 Å². The number of anilines is 2. The van der Waals surface area contributed by atoms with Gasteiger partial charge in [0.05, 0.1) is 22.2 Å². The van der Waals surface area contributed by atoms with E-state index in [0.717, 1.165) is 18.2 Å². The van der Waals surface area contributed by atoms with Crippen molar-refractivity contribution in [2.75, 3.05) is 10.6 Å². The predicted molar refractivity (Wildman–Crippen MR) is 131 cm³/mol. The minimum atomic E-state index is -2.78. The zero-order valence-corrected chi connectivity index (χ0v) is 20.8. The van der Waals surface area contributed by atoms with Crippen molar-refractivity contribution in [2.45, 2.75) is 16.7 Å². The van der Waals surface area contributed by atoms with Crippen molar-refractivity contribution in [3.05, 3.63) is 93.0 Å². The van der Waals surface area contributed by atoms with E-state index in [0.29, 0.717) is 6.07 Å². The van der Waals surface area contributed by atoms with Gasteiger partial charge in [0.2, 0.25) is 5.91 Å². The molecule has 0 aliphatic heterocycles. The van der Waals surface area contributed by atoms with Gasteiger partial charge in [-0.3, -0.25) is 9.59 Å². The van der Waals surface area contributed by atoms with Crippen LogP contribution in [0.3, 0.4) is 0 Å². The highest BCUT2D eigenvalue weighted by Crippen LogP contribution is 2.65. The minimum absolute atomic E-state index is 0.000179. The van der Waals surface area contributed by atoms with Crippen LogP contribution in [0.25, 0.3) is 0 Å². The highest BCUT2D eigenvalue weighted by Gasteiger charge is 2.67. The number of alkyl halides is 4. The molecule has 1 fully saturated rings. The normalized spacial score (nSPS) is 18.1. The van der Waals surface area contributed by atoms with Crippen LogP contribution in [-0.4, -0.2) is 16.1 Å². The minimum Gasteiger partial charge on any atom is -0.326 e. The van der Waals surface area contributed by atoms with Crippen LogP contribution in [-0.2, 0) is 4.79 Å². The molecule has 1 aliphatic carbocycles. The maximum atomic E-state index is 13.9. The number of benzene rings is 3. The van der Waals surface area contributed by atoms with Crippen molar-refractivity contribution >= 4 is 69.6 Å². The number of halogens is 8. The third-order valence-corrected chi connectivity index (χ3v) is 7.04. The van der Waals surface area contributed by atoms with Crippen molar-refractivity contribution < 1.29 is 27.2 Å². The molecule has 0 unspecified atom stereocenters. The zero-order valence-electron chi connectivity index (χ0n) is 17.8. The van der Waals surface area contributed by atoms with Crippen LogP contribution in [0.4, 0.5) is 28.9 Å². The Morgan fingerprint density at radius 1 is 0.917 bits per heavy atom. The fourth-order valence-electron chi connectivity index (χ4n) is 3.79. The van der Waals surface area contributed by atoms with Crippen LogP contribution in [0.2, 0.25) is 10.0 Å². The van der Waals surface area contributed by atoms with E-state index in [2.05, 4.69) is 10.6 Å². The number of carbonyl (C=O) groups is 2. The maximum Gasteiger partial charge on any atom is 0.263 e. The van der Waals surface area contributed by atoms with Gasteiger partial charge >= 0.3 is 0 Å². The molecule has 1 saturated carbocycles. The van der Waals surface area contributed by atoms with Gasteiger partial charge in [-0.15, -0.1) is 23.2 Å². The van der Waals surface area contributed by atoms with Gasteiger partial charge in [0.25, 0.3) is 12.3 Å². The number of hydrogen-bond acceptors (Lipinski definition) is 2. The molecule has 0 aromatic heterocycles. The molecular formula is C24H14Cl4F4N2O2. The number of nitrogens with one attached hydrogen (secondary N) is 2. The Morgan fingerprint density at radius 3 is 2.31 bits per heavy atom. The maximum absolute atomic E-state index is 13.9. The molecule has 0 spiro atoms. The molecule has 2 atom stereocenters. The van der Waals surface area contributed by atoms with E-state index >= 15 is 0 Å². The summed E-state index contributed by atoms with van der Waals surface area (Å²) in [5.74, 6) is -5.07. The molecule has 3 aromatic carbocycles. The highest BCUT2D eigenvalue weighted by molar-refractivity contribution is 6.53. The average Bonchev–Trinajstić information content (AvgIpc) is 3.38. The lowest BCUT2D eigenvalue weighted by Crippen LogP contribution is -2.18. The Kier molecular flexibility index (Phi) is 7.44. The van der Waals surface area contributed by atoms with Crippen molar-refractivity contribution in [3.63, 3.8) is 0 Å². The van der Waals surface area contributed by atoms with Gasteiger partial charge in [-0.25, -0.2) is 17.6 Å². The largest absolute Gasteiger partial charge is 0.326 e. The SMILES string of the molecule is O=C(Nc1ccc(F)cc1F)c1cc(NC(=O)[C@H]2[C@H](c3cc(Cl)cc(C(F)F)c3)C2(Cl)Cl)ccc1Cl. The van der Waals surface area contributed by atoms with Crippen molar-refractivity contribution in [1.29, 1.82) is 0 Å². The second-order valence-electron chi connectivity index (χ2n) is 8.01. The molecule has 188 valence electrons. The number of amides is 2. The second-order valence-corrected chi connectivity index (χ2v) is 10.3. The molecule has 2 N–H and O–H groups in total. The summed E-state index contributed by atoms with van der Waals surface area (Å²) in [4.78, 5) is 25.6. The standard InChI is InChI=1S/C24H14Cl4F4N2O2/c25-12-6-10(5-11(7-12)21(31)32)19-20(24(19,27)28)23(36)33-14-2-3-16(26)15(9-14)22(35)34-18-4-1-13(29)8-17(18)30/h1-9,19-21H,(H,33,36)(H,34,35)/t19-,20+/m0/s1. The topological polar surface area (TPSA) is 58.2 Å². The monoisotopic (exact) mass is 578 g/mol. The molecule has 0 bridgehead atoms. The van der Waals surface area contributed by atoms with Crippen LogP contribution in [0.5, 0.6) is 0 Å². The van der Waals surface area contributed by atoms with E-state index < -0.39 is 46.0 Å². The zero-order chi connectivity index (χ0) is 26.4. The van der Waals surface area contributed by atoms with Crippen LogP contribution < -0.4 is 10.6 Å². The Bertz CT molecular complexity index is 1370. The predicted octanol–water partition coefficient (Wildman–Crippen LogP) is 7.99. The second kappa shape index (κ2) is 10.1. The Hall–Kier alpha value is -2.52. The van der Waals surface area contributed by atoms with Gasteiger partial charge in [-0.05, 0) is 54.1 Å².